The van der Waals surface area contributed by atoms with Gasteiger partial charge in [0.1, 0.15) is 0 Å². The lowest BCUT2D eigenvalue weighted by atomic mass is 10.2. The van der Waals surface area contributed by atoms with Crippen LogP contribution in [0.15, 0.2) is 0 Å². The standard InChI is InChI=1S/C12H25N3O4/c1-4-15(5-2)8-6-7-13-12(19)14-10(9(3)16)11(17)18/h9-10,16H,4-8H2,1-3H3,(H,17,18)(H2,13,14,19)/t9-,10+/m1/s1. The van der Waals surface area contributed by atoms with Crippen LogP contribution in [0.4, 0.5) is 4.79 Å². The van der Waals surface area contributed by atoms with Crippen molar-refractivity contribution in [2.45, 2.75) is 39.3 Å². The van der Waals surface area contributed by atoms with E-state index in [1.54, 1.807) is 0 Å². The lowest BCUT2D eigenvalue weighted by molar-refractivity contribution is -0.141. The Hall–Kier alpha value is -1.34. The van der Waals surface area contributed by atoms with Crippen molar-refractivity contribution < 1.29 is 19.8 Å². The van der Waals surface area contributed by atoms with Crippen LogP contribution < -0.4 is 10.6 Å². The number of hydrogen-bond donors (Lipinski definition) is 4. The molecule has 0 saturated heterocycles. The van der Waals surface area contributed by atoms with Gasteiger partial charge < -0.3 is 25.7 Å². The topological polar surface area (TPSA) is 102 Å². The molecule has 0 aliphatic carbocycles. The zero-order chi connectivity index (χ0) is 14.8. The fourth-order valence-electron chi connectivity index (χ4n) is 1.63. The van der Waals surface area contributed by atoms with Crippen LogP contribution in [0.25, 0.3) is 0 Å². The second-order valence-corrected chi connectivity index (χ2v) is 4.34. The number of carboxylic acid groups (broad SMARTS) is 1. The summed E-state index contributed by atoms with van der Waals surface area (Å²) in [7, 11) is 0. The normalized spacial score (nSPS) is 13.9. The highest BCUT2D eigenvalue weighted by Gasteiger charge is 2.24. The molecule has 0 aromatic rings. The number of aliphatic hydroxyl groups is 1. The summed E-state index contributed by atoms with van der Waals surface area (Å²) in [6.07, 6.45) is -0.347. The van der Waals surface area contributed by atoms with Crippen molar-refractivity contribution in [1.29, 1.82) is 0 Å². The minimum Gasteiger partial charge on any atom is -0.480 e. The average Bonchev–Trinajstić information content (AvgIpc) is 2.35. The van der Waals surface area contributed by atoms with Gasteiger partial charge in [-0.25, -0.2) is 9.59 Å². The summed E-state index contributed by atoms with van der Waals surface area (Å²) in [6.45, 7) is 8.74. The van der Waals surface area contributed by atoms with Gasteiger partial charge in [-0.15, -0.1) is 0 Å². The van der Waals surface area contributed by atoms with Crippen LogP contribution >= 0.6 is 0 Å². The molecule has 0 aliphatic rings. The quantitative estimate of drug-likeness (QED) is 0.438. The Morgan fingerprint density at radius 3 is 2.26 bits per heavy atom. The summed E-state index contributed by atoms with van der Waals surface area (Å²) < 4.78 is 0. The number of rotatable bonds is 9. The molecule has 19 heavy (non-hydrogen) atoms. The van der Waals surface area contributed by atoms with Crippen molar-refractivity contribution in [3.8, 4) is 0 Å². The molecule has 7 nitrogen and oxygen atoms in total. The van der Waals surface area contributed by atoms with Crippen LogP contribution in [-0.4, -0.2) is 65.4 Å². The van der Waals surface area contributed by atoms with Crippen LogP contribution in [0.1, 0.15) is 27.2 Å². The third-order valence-electron chi connectivity index (χ3n) is 2.87. The Labute approximate surface area is 114 Å². The molecule has 2 atom stereocenters. The van der Waals surface area contributed by atoms with Crippen molar-refractivity contribution >= 4 is 12.0 Å². The number of carbonyl (C=O) groups is 2. The molecule has 0 aromatic carbocycles. The van der Waals surface area contributed by atoms with Gasteiger partial charge in [-0.05, 0) is 33.0 Å². The van der Waals surface area contributed by atoms with Gasteiger partial charge in [0.15, 0.2) is 6.04 Å². The van der Waals surface area contributed by atoms with Gasteiger partial charge in [0.25, 0.3) is 0 Å². The number of amides is 2. The van der Waals surface area contributed by atoms with Crippen LogP contribution in [0, 0.1) is 0 Å². The molecule has 0 heterocycles. The number of carboxylic acids is 1. The van der Waals surface area contributed by atoms with Crippen LogP contribution in [0.2, 0.25) is 0 Å². The molecule has 0 unspecified atom stereocenters. The van der Waals surface area contributed by atoms with Crippen molar-refractivity contribution in [2.75, 3.05) is 26.2 Å². The number of aliphatic hydroxyl groups excluding tert-OH is 1. The first-order valence-corrected chi connectivity index (χ1v) is 6.59. The zero-order valence-electron chi connectivity index (χ0n) is 11.8. The fourth-order valence-corrected chi connectivity index (χ4v) is 1.63. The van der Waals surface area contributed by atoms with Crippen molar-refractivity contribution in [2.24, 2.45) is 0 Å². The van der Waals surface area contributed by atoms with E-state index in [2.05, 4.69) is 29.4 Å². The second-order valence-electron chi connectivity index (χ2n) is 4.34. The summed E-state index contributed by atoms with van der Waals surface area (Å²) in [5, 5.41) is 22.8. The SMILES string of the molecule is CCN(CC)CCCNC(=O)N[C@H](C(=O)O)[C@@H](C)O. The Morgan fingerprint density at radius 2 is 1.84 bits per heavy atom. The van der Waals surface area contributed by atoms with E-state index in [0.717, 1.165) is 26.1 Å². The molecule has 0 saturated carbocycles. The first-order chi connectivity index (χ1) is 8.92. The molecular formula is C12H25N3O4. The van der Waals surface area contributed by atoms with Crippen molar-refractivity contribution in [3.05, 3.63) is 0 Å². The molecule has 2 amide bonds. The van der Waals surface area contributed by atoms with Gasteiger partial charge in [0.2, 0.25) is 0 Å². The lowest BCUT2D eigenvalue weighted by Gasteiger charge is -2.19. The third kappa shape index (κ3) is 7.63. The predicted octanol–water partition coefficient (Wildman–Crippen LogP) is -0.148. The molecule has 0 fully saturated rings. The van der Waals surface area contributed by atoms with E-state index in [4.69, 9.17) is 5.11 Å². The lowest BCUT2D eigenvalue weighted by Crippen LogP contribution is -2.51. The van der Waals surface area contributed by atoms with Crippen LogP contribution in [0.3, 0.4) is 0 Å². The number of hydrogen-bond acceptors (Lipinski definition) is 4. The molecule has 7 heteroatoms. The monoisotopic (exact) mass is 275 g/mol. The Morgan fingerprint density at radius 1 is 1.26 bits per heavy atom. The molecule has 0 aliphatic heterocycles. The Bertz CT molecular complexity index is 280. The Balaban J connectivity index is 3.89. The predicted molar refractivity (Wildman–Crippen MR) is 72.0 cm³/mol. The minimum absolute atomic E-state index is 0.467. The summed E-state index contributed by atoms with van der Waals surface area (Å²) in [5.74, 6) is -1.26. The molecular weight excluding hydrogens is 250 g/mol. The van der Waals surface area contributed by atoms with Crippen LogP contribution in [0.5, 0.6) is 0 Å². The maximum atomic E-state index is 11.4. The van der Waals surface area contributed by atoms with Crippen molar-refractivity contribution in [1.82, 2.24) is 15.5 Å². The highest BCUT2D eigenvalue weighted by atomic mass is 16.4. The number of nitrogens with one attached hydrogen (secondary N) is 2. The smallest absolute Gasteiger partial charge is 0.328 e. The van der Waals surface area contributed by atoms with Gasteiger partial charge in [0, 0.05) is 6.54 Å². The molecule has 0 bridgehead atoms. The fraction of sp³-hybridized carbons (Fsp3) is 0.833. The maximum absolute atomic E-state index is 11.4. The van der Waals surface area contributed by atoms with Gasteiger partial charge in [-0.1, -0.05) is 13.8 Å². The first kappa shape index (κ1) is 17.7. The summed E-state index contributed by atoms with van der Waals surface area (Å²) in [6, 6.07) is -1.87. The van der Waals surface area contributed by atoms with E-state index in [0.29, 0.717) is 6.54 Å². The highest BCUT2D eigenvalue weighted by Crippen LogP contribution is 1.93. The summed E-state index contributed by atoms with van der Waals surface area (Å²) in [4.78, 5) is 24.4. The minimum atomic E-state index is -1.29. The van der Waals surface area contributed by atoms with E-state index >= 15 is 0 Å². The number of aliphatic carboxylic acids is 1. The van der Waals surface area contributed by atoms with E-state index in [-0.39, 0.29) is 0 Å². The second kappa shape index (κ2) is 9.57. The third-order valence-corrected chi connectivity index (χ3v) is 2.87. The Kier molecular flexibility index (Phi) is 8.90. The molecule has 112 valence electrons. The number of urea groups is 1. The zero-order valence-corrected chi connectivity index (χ0v) is 11.8. The van der Waals surface area contributed by atoms with E-state index in [9.17, 15) is 14.7 Å². The van der Waals surface area contributed by atoms with E-state index in [1.165, 1.54) is 6.92 Å². The number of carbonyl (C=O) groups excluding carboxylic acids is 1. The highest BCUT2D eigenvalue weighted by molar-refractivity contribution is 5.82. The summed E-state index contributed by atoms with van der Waals surface area (Å²) >= 11 is 0. The van der Waals surface area contributed by atoms with E-state index < -0.39 is 24.1 Å². The van der Waals surface area contributed by atoms with Gasteiger partial charge in [0.05, 0.1) is 6.10 Å². The first-order valence-electron chi connectivity index (χ1n) is 6.59. The number of nitrogens with zero attached hydrogens (tertiary/aromatic N) is 1. The molecule has 4 N–H and O–H groups in total. The molecule has 0 rings (SSSR count). The van der Waals surface area contributed by atoms with E-state index in [1.807, 2.05) is 0 Å². The van der Waals surface area contributed by atoms with Crippen molar-refractivity contribution in [3.63, 3.8) is 0 Å². The van der Waals surface area contributed by atoms with Crippen LogP contribution in [-0.2, 0) is 4.79 Å². The molecule has 0 aromatic heterocycles. The van der Waals surface area contributed by atoms with Gasteiger partial charge in [-0.3, -0.25) is 0 Å². The molecule has 0 spiro atoms. The average molecular weight is 275 g/mol. The van der Waals surface area contributed by atoms with Gasteiger partial charge >= 0.3 is 12.0 Å². The maximum Gasteiger partial charge on any atom is 0.328 e. The largest absolute Gasteiger partial charge is 0.480 e. The van der Waals surface area contributed by atoms with Gasteiger partial charge in [-0.2, -0.15) is 0 Å². The molecule has 0 radical (unpaired) electrons. The summed E-state index contributed by atoms with van der Waals surface area (Å²) in [5.41, 5.74) is 0.